The Morgan fingerprint density at radius 3 is 1.67 bits per heavy atom. The molecule has 30 heavy (non-hydrogen) atoms. The molecule has 158 valence electrons. The van der Waals surface area contributed by atoms with Crippen molar-refractivity contribution >= 4 is 0 Å². The third kappa shape index (κ3) is 5.57. The maximum absolute atomic E-state index is 5.84. The van der Waals surface area contributed by atoms with Gasteiger partial charge in [-0.25, -0.2) is 0 Å². The minimum atomic E-state index is -0.213. The summed E-state index contributed by atoms with van der Waals surface area (Å²) in [6.07, 6.45) is 1.92. The van der Waals surface area contributed by atoms with Crippen LogP contribution in [0.4, 0.5) is 0 Å². The predicted octanol–water partition coefficient (Wildman–Crippen LogP) is 5.10. The summed E-state index contributed by atoms with van der Waals surface area (Å²) in [5.41, 5.74) is 10.4. The standard InChI is InChI=1S/C27H33NO2/c1-23-13-15-26(16-14-23)27(24-9-4-2-5-10-24,25-11-6-3-7-12-25)17-8-19-29-21-22-30-20-18-28/h2-7,9-16H,8,17-22,28H2,1H3. The summed E-state index contributed by atoms with van der Waals surface area (Å²) in [7, 11) is 0. The first-order chi connectivity index (χ1) is 14.8. The number of hydrogen-bond acceptors (Lipinski definition) is 3. The quantitative estimate of drug-likeness (QED) is 0.338. The average molecular weight is 404 g/mol. The van der Waals surface area contributed by atoms with Crippen LogP contribution >= 0.6 is 0 Å². The zero-order valence-electron chi connectivity index (χ0n) is 17.9. The van der Waals surface area contributed by atoms with Crippen LogP contribution in [0.15, 0.2) is 84.9 Å². The van der Waals surface area contributed by atoms with Crippen molar-refractivity contribution in [2.45, 2.75) is 25.2 Å². The Balaban J connectivity index is 1.86. The van der Waals surface area contributed by atoms with Crippen molar-refractivity contribution < 1.29 is 9.47 Å². The van der Waals surface area contributed by atoms with Crippen LogP contribution in [0.1, 0.15) is 35.1 Å². The molecule has 0 aliphatic carbocycles. The molecular weight excluding hydrogens is 370 g/mol. The van der Waals surface area contributed by atoms with Gasteiger partial charge in [0.1, 0.15) is 0 Å². The summed E-state index contributed by atoms with van der Waals surface area (Å²) in [5, 5.41) is 0. The van der Waals surface area contributed by atoms with Gasteiger partial charge in [-0.2, -0.15) is 0 Å². The molecule has 0 radical (unpaired) electrons. The van der Waals surface area contributed by atoms with Crippen molar-refractivity contribution in [3.05, 3.63) is 107 Å². The Morgan fingerprint density at radius 2 is 1.13 bits per heavy atom. The van der Waals surface area contributed by atoms with Crippen molar-refractivity contribution in [1.29, 1.82) is 0 Å². The predicted molar refractivity (Wildman–Crippen MR) is 124 cm³/mol. The van der Waals surface area contributed by atoms with E-state index in [4.69, 9.17) is 15.2 Å². The Morgan fingerprint density at radius 1 is 0.633 bits per heavy atom. The lowest BCUT2D eigenvalue weighted by molar-refractivity contribution is 0.0485. The molecular formula is C27H33NO2. The summed E-state index contributed by atoms with van der Waals surface area (Å²) in [4.78, 5) is 0. The molecule has 0 heterocycles. The molecule has 3 aromatic carbocycles. The second kappa shape index (κ2) is 11.7. The fraction of sp³-hybridized carbons (Fsp3) is 0.333. The number of benzene rings is 3. The first-order valence-electron chi connectivity index (χ1n) is 10.8. The van der Waals surface area contributed by atoms with Gasteiger partial charge >= 0.3 is 0 Å². The largest absolute Gasteiger partial charge is 0.379 e. The second-order valence-corrected chi connectivity index (χ2v) is 7.62. The highest BCUT2D eigenvalue weighted by Crippen LogP contribution is 2.43. The molecule has 0 fully saturated rings. The van der Waals surface area contributed by atoms with Crippen LogP contribution in [0.25, 0.3) is 0 Å². The molecule has 3 nitrogen and oxygen atoms in total. The smallest absolute Gasteiger partial charge is 0.0701 e. The van der Waals surface area contributed by atoms with Crippen LogP contribution in [0.3, 0.4) is 0 Å². The van der Waals surface area contributed by atoms with E-state index in [0.717, 1.165) is 12.8 Å². The van der Waals surface area contributed by atoms with Gasteiger partial charge < -0.3 is 15.2 Å². The van der Waals surface area contributed by atoms with Crippen LogP contribution in [-0.4, -0.2) is 33.0 Å². The maximum atomic E-state index is 5.84. The molecule has 3 aromatic rings. The number of aryl methyl sites for hydroxylation is 1. The molecule has 0 aliphatic heterocycles. The van der Waals surface area contributed by atoms with Gasteiger partial charge in [-0.3, -0.25) is 0 Å². The zero-order chi connectivity index (χ0) is 21.1. The van der Waals surface area contributed by atoms with Crippen LogP contribution in [0, 0.1) is 6.92 Å². The van der Waals surface area contributed by atoms with Crippen molar-refractivity contribution in [2.75, 3.05) is 33.0 Å². The molecule has 0 unspecified atom stereocenters. The van der Waals surface area contributed by atoms with Gasteiger partial charge in [0.25, 0.3) is 0 Å². The van der Waals surface area contributed by atoms with Crippen molar-refractivity contribution in [1.82, 2.24) is 0 Å². The molecule has 0 bridgehead atoms. The summed E-state index contributed by atoms with van der Waals surface area (Å²) < 4.78 is 11.2. The van der Waals surface area contributed by atoms with Crippen molar-refractivity contribution in [3.63, 3.8) is 0 Å². The topological polar surface area (TPSA) is 44.5 Å². The number of nitrogens with two attached hydrogens (primary N) is 1. The van der Waals surface area contributed by atoms with E-state index < -0.39 is 0 Å². The van der Waals surface area contributed by atoms with Crippen LogP contribution in [0.5, 0.6) is 0 Å². The van der Waals surface area contributed by atoms with Crippen LogP contribution < -0.4 is 5.73 Å². The first-order valence-corrected chi connectivity index (χ1v) is 10.8. The number of ether oxygens (including phenoxy) is 2. The Kier molecular flexibility index (Phi) is 8.64. The van der Waals surface area contributed by atoms with E-state index in [-0.39, 0.29) is 5.41 Å². The molecule has 3 heteroatoms. The highest BCUT2D eigenvalue weighted by Gasteiger charge is 2.35. The molecule has 0 saturated carbocycles. The fourth-order valence-electron chi connectivity index (χ4n) is 4.06. The fourth-order valence-corrected chi connectivity index (χ4v) is 4.06. The average Bonchev–Trinajstić information content (AvgIpc) is 2.80. The summed E-state index contributed by atoms with van der Waals surface area (Å²) in [6, 6.07) is 30.6. The van der Waals surface area contributed by atoms with E-state index in [1.54, 1.807) is 0 Å². The zero-order valence-corrected chi connectivity index (χ0v) is 17.9. The molecule has 0 atom stereocenters. The first kappa shape index (κ1) is 22.2. The number of rotatable bonds is 12. The third-order valence-corrected chi connectivity index (χ3v) is 5.55. The van der Waals surface area contributed by atoms with Crippen molar-refractivity contribution in [3.8, 4) is 0 Å². The van der Waals surface area contributed by atoms with Gasteiger partial charge in [0.15, 0.2) is 0 Å². The van der Waals surface area contributed by atoms with E-state index in [1.165, 1.54) is 22.3 Å². The Bertz CT molecular complexity index is 808. The molecule has 0 aliphatic rings. The highest BCUT2D eigenvalue weighted by atomic mass is 16.5. The third-order valence-electron chi connectivity index (χ3n) is 5.55. The maximum Gasteiger partial charge on any atom is 0.0701 e. The SMILES string of the molecule is Cc1ccc(C(CCCOCCOCCN)(c2ccccc2)c2ccccc2)cc1. The van der Waals surface area contributed by atoms with Gasteiger partial charge in [-0.05, 0) is 36.5 Å². The highest BCUT2D eigenvalue weighted by molar-refractivity contribution is 5.50. The molecule has 0 saturated heterocycles. The molecule has 3 rings (SSSR count). The minimum absolute atomic E-state index is 0.213. The van der Waals surface area contributed by atoms with E-state index in [9.17, 15) is 0 Å². The lowest BCUT2D eigenvalue weighted by Gasteiger charge is -2.36. The summed E-state index contributed by atoms with van der Waals surface area (Å²) >= 11 is 0. The monoisotopic (exact) mass is 403 g/mol. The van der Waals surface area contributed by atoms with Gasteiger partial charge in [-0.1, -0.05) is 90.5 Å². The Labute approximate surface area is 180 Å². The molecule has 0 amide bonds. The van der Waals surface area contributed by atoms with Gasteiger partial charge in [0, 0.05) is 18.6 Å². The van der Waals surface area contributed by atoms with Crippen LogP contribution in [-0.2, 0) is 14.9 Å². The van der Waals surface area contributed by atoms with Gasteiger partial charge in [-0.15, -0.1) is 0 Å². The Hall–Kier alpha value is -2.46. The summed E-state index contributed by atoms with van der Waals surface area (Å²) in [6.45, 7) is 5.18. The number of hydrogen-bond donors (Lipinski definition) is 1. The van der Waals surface area contributed by atoms with E-state index in [1.807, 2.05) is 0 Å². The summed E-state index contributed by atoms with van der Waals surface area (Å²) in [5.74, 6) is 0. The van der Waals surface area contributed by atoms with E-state index in [2.05, 4.69) is 91.9 Å². The van der Waals surface area contributed by atoms with Gasteiger partial charge in [0.05, 0.1) is 19.8 Å². The van der Waals surface area contributed by atoms with Crippen LogP contribution in [0.2, 0.25) is 0 Å². The lowest BCUT2D eigenvalue weighted by atomic mass is 9.66. The minimum Gasteiger partial charge on any atom is -0.379 e. The second-order valence-electron chi connectivity index (χ2n) is 7.62. The van der Waals surface area contributed by atoms with E-state index >= 15 is 0 Å². The molecule has 0 spiro atoms. The molecule has 2 N–H and O–H groups in total. The normalized spacial score (nSPS) is 11.5. The van der Waals surface area contributed by atoms with E-state index in [0.29, 0.717) is 33.0 Å². The molecule has 0 aromatic heterocycles. The van der Waals surface area contributed by atoms with Gasteiger partial charge in [0.2, 0.25) is 0 Å². The lowest BCUT2D eigenvalue weighted by Crippen LogP contribution is -2.30. The van der Waals surface area contributed by atoms with Crippen molar-refractivity contribution in [2.24, 2.45) is 5.73 Å².